The van der Waals surface area contributed by atoms with E-state index < -0.39 is 0 Å². The van der Waals surface area contributed by atoms with Crippen LogP contribution in [-0.2, 0) is 32.7 Å². The van der Waals surface area contributed by atoms with Crippen LogP contribution in [0.5, 0.6) is 0 Å². The lowest BCUT2D eigenvalue weighted by Crippen LogP contribution is -2.33. The molecular weight excluding hydrogens is 316 g/mol. The molecule has 0 amide bonds. The van der Waals surface area contributed by atoms with Crippen molar-refractivity contribution in [1.82, 2.24) is 29.3 Å². The van der Waals surface area contributed by atoms with Crippen molar-refractivity contribution < 1.29 is 4.42 Å². The van der Waals surface area contributed by atoms with Gasteiger partial charge in [-0.1, -0.05) is 0 Å². The summed E-state index contributed by atoms with van der Waals surface area (Å²) in [5, 5.41) is 0. The standard InChI is InChI=1S/C18H22N6O/c1-22(9-15-7-19-14-20-8-15)10-16-11-24-5-4-23(13-18(24)21-16)12-17-3-2-6-25-17/h2-3,6-8,11,14H,4-5,9-10,12-13H2,1H3. The van der Waals surface area contributed by atoms with Crippen LogP contribution < -0.4 is 0 Å². The molecule has 0 radical (unpaired) electrons. The van der Waals surface area contributed by atoms with E-state index in [-0.39, 0.29) is 0 Å². The molecule has 0 atom stereocenters. The Morgan fingerprint density at radius 3 is 2.88 bits per heavy atom. The fourth-order valence-electron chi connectivity index (χ4n) is 3.25. The molecule has 0 saturated heterocycles. The summed E-state index contributed by atoms with van der Waals surface area (Å²) in [5.41, 5.74) is 2.22. The largest absolute Gasteiger partial charge is 0.468 e. The third-order valence-electron chi connectivity index (χ3n) is 4.39. The van der Waals surface area contributed by atoms with E-state index in [0.29, 0.717) is 0 Å². The molecule has 7 nitrogen and oxygen atoms in total. The van der Waals surface area contributed by atoms with Crippen LogP contribution in [0.2, 0.25) is 0 Å². The highest BCUT2D eigenvalue weighted by molar-refractivity contribution is 5.08. The zero-order valence-electron chi connectivity index (χ0n) is 14.4. The first-order chi connectivity index (χ1) is 12.3. The minimum Gasteiger partial charge on any atom is -0.468 e. The number of hydrogen-bond donors (Lipinski definition) is 0. The first-order valence-electron chi connectivity index (χ1n) is 8.48. The lowest BCUT2D eigenvalue weighted by Gasteiger charge is -2.26. The molecule has 7 heteroatoms. The zero-order chi connectivity index (χ0) is 17.1. The van der Waals surface area contributed by atoms with E-state index in [9.17, 15) is 0 Å². The maximum atomic E-state index is 5.45. The Hall–Kier alpha value is -2.51. The van der Waals surface area contributed by atoms with Gasteiger partial charge in [-0.15, -0.1) is 0 Å². The van der Waals surface area contributed by atoms with E-state index in [2.05, 4.69) is 37.6 Å². The van der Waals surface area contributed by atoms with Crippen LogP contribution in [0.4, 0.5) is 0 Å². The Morgan fingerprint density at radius 2 is 2.08 bits per heavy atom. The van der Waals surface area contributed by atoms with Crippen LogP contribution in [0.1, 0.15) is 22.8 Å². The highest BCUT2D eigenvalue weighted by atomic mass is 16.3. The third kappa shape index (κ3) is 3.94. The lowest BCUT2D eigenvalue weighted by molar-refractivity contribution is 0.194. The third-order valence-corrected chi connectivity index (χ3v) is 4.39. The maximum absolute atomic E-state index is 5.45. The van der Waals surface area contributed by atoms with Gasteiger partial charge >= 0.3 is 0 Å². The molecule has 1 aliphatic heterocycles. The molecule has 3 aromatic heterocycles. The van der Waals surface area contributed by atoms with E-state index in [1.165, 1.54) is 0 Å². The van der Waals surface area contributed by atoms with Crippen molar-refractivity contribution in [3.63, 3.8) is 0 Å². The summed E-state index contributed by atoms with van der Waals surface area (Å²) < 4.78 is 7.72. The molecule has 0 N–H and O–H groups in total. The van der Waals surface area contributed by atoms with Crippen LogP contribution in [0.25, 0.3) is 0 Å². The van der Waals surface area contributed by atoms with Gasteiger partial charge in [-0.2, -0.15) is 0 Å². The van der Waals surface area contributed by atoms with Gasteiger partial charge in [-0.3, -0.25) is 9.80 Å². The van der Waals surface area contributed by atoms with Crippen LogP contribution in [0.15, 0.2) is 47.7 Å². The van der Waals surface area contributed by atoms with Crippen molar-refractivity contribution in [3.05, 3.63) is 66.2 Å². The number of aromatic nitrogens is 4. The fourth-order valence-corrected chi connectivity index (χ4v) is 3.25. The summed E-state index contributed by atoms with van der Waals surface area (Å²) in [4.78, 5) is 17.6. The van der Waals surface area contributed by atoms with Crippen molar-refractivity contribution in [2.24, 2.45) is 0 Å². The smallest absolute Gasteiger partial charge is 0.123 e. The second kappa shape index (κ2) is 7.16. The molecule has 0 fully saturated rings. The molecule has 130 valence electrons. The Balaban J connectivity index is 1.36. The van der Waals surface area contributed by atoms with Gasteiger partial charge in [0.2, 0.25) is 0 Å². The SMILES string of the molecule is CN(Cc1cncnc1)Cc1cn2c(n1)CN(Cc1ccco1)CC2. The van der Waals surface area contributed by atoms with Gasteiger partial charge < -0.3 is 8.98 Å². The van der Waals surface area contributed by atoms with Crippen LogP contribution in [0.3, 0.4) is 0 Å². The van der Waals surface area contributed by atoms with Crippen molar-refractivity contribution in [2.75, 3.05) is 13.6 Å². The quantitative estimate of drug-likeness (QED) is 0.684. The molecule has 4 rings (SSSR count). The topological polar surface area (TPSA) is 63.2 Å². The zero-order valence-corrected chi connectivity index (χ0v) is 14.4. The Labute approximate surface area is 146 Å². The van der Waals surface area contributed by atoms with Crippen LogP contribution in [0, 0.1) is 0 Å². The van der Waals surface area contributed by atoms with Gasteiger partial charge in [0.15, 0.2) is 0 Å². The average molecular weight is 338 g/mol. The van der Waals surface area contributed by atoms with Crippen molar-refractivity contribution >= 4 is 0 Å². The highest BCUT2D eigenvalue weighted by Crippen LogP contribution is 2.17. The van der Waals surface area contributed by atoms with Gasteiger partial charge in [0.05, 0.1) is 25.0 Å². The number of furan rings is 1. The van der Waals surface area contributed by atoms with Crippen molar-refractivity contribution in [2.45, 2.75) is 32.7 Å². The molecule has 0 bridgehead atoms. The van der Waals surface area contributed by atoms with E-state index in [4.69, 9.17) is 9.40 Å². The molecule has 4 heterocycles. The minimum absolute atomic E-state index is 0.813. The average Bonchev–Trinajstić information content (AvgIpc) is 3.24. The molecule has 0 aliphatic carbocycles. The molecule has 3 aromatic rings. The van der Waals surface area contributed by atoms with E-state index in [0.717, 1.165) is 62.1 Å². The van der Waals surface area contributed by atoms with Gasteiger partial charge in [-0.05, 0) is 19.2 Å². The van der Waals surface area contributed by atoms with Crippen molar-refractivity contribution in [3.8, 4) is 0 Å². The second-order valence-electron chi connectivity index (χ2n) is 6.55. The highest BCUT2D eigenvalue weighted by Gasteiger charge is 2.19. The Morgan fingerprint density at radius 1 is 1.20 bits per heavy atom. The summed E-state index contributed by atoms with van der Waals surface area (Å²) in [5.74, 6) is 2.13. The first-order valence-corrected chi connectivity index (χ1v) is 8.48. The van der Waals surface area contributed by atoms with Gasteiger partial charge in [-0.25, -0.2) is 15.0 Å². The maximum Gasteiger partial charge on any atom is 0.123 e. The lowest BCUT2D eigenvalue weighted by atomic mass is 10.3. The molecule has 1 aliphatic rings. The van der Waals surface area contributed by atoms with Gasteiger partial charge in [0.25, 0.3) is 0 Å². The fraction of sp³-hybridized carbons (Fsp3) is 0.389. The van der Waals surface area contributed by atoms with E-state index in [1.54, 1.807) is 12.6 Å². The predicted molar refractivity (Wildman–Crippen MR) is 92.3 cm³/mol. The Kier molecular flexibility index (Phi) is 4.58. The van der Waals surface area contributed by atoms with E-state index in [1.807, 2.05) is 24.5 Å². The number of hydrogen-bond acceptors (Lipinski definition) is 6. The molecule has 25 heavy (non-hydrogen) atoms. The van der Waals surface area contributed by atoms with Crippen LogP contribution >= 0.6 is 0 Å². The summed E-state index contributed by atoms with van der Waals surface area (Å²) in [6.45, 7) is 5.31. The number of rotatable bonds is 6. The summed E-state index contributed by atoms with van der Waals surface area (Å²) in [7, 11) is 2.09. The van der Waals surface area contributed by atoms with Gasteiger partial charge in [0, 0.05) is 50.3 Å². The normalized spacial score (nSPS) is 14.8. The second-order valence-corrected chi connectivity index (χ2v) is 6.55. The monoisotopic (exact) mass is 338 g/mol. The van der Waals surface area contributed by atoms with E-state index >= 15 is 0 Å². The minimum atomic E-state index is 0.813. The molecular formula is C18H22N6O. The first kappa shape index (κ1) is 16.0. The summed E-state index contributed by atoms with van der Waals surface area (Å²) in [6.07, 6.45) is 9.17. The van der Waals surface area contributed by atoms with Gasteiger partial charge in [0.1, 0.15) is 17.9 Å². The number of fused-ring (bicyclic) bond motifs is 1. The summed E-state index contributed by atoms with van der Waals surface area (Å²) >= 11 is 0. The Bertz CT molecular complexity index is 798. The molecule has 0 unspecified atom stereocenters. The molecule has 0 aromatic carbocycles. The molecule has 0 spiro atoms. The molecule has 0 saturated carbocycles. The van der Waals surface area contributed by atoms with Crippen LogP contribution in [-0.4, -0.2) is 42.9 Å². The summed E-state index contributed by atoms with van der Waals surface area (Å²) in [6, 6.07) is 3.96. The van der Waals surface area contributed by atoms with Crippen molar-refractivity contribution in [1.29, 1.82) is 0 Å². The number of nitrogens with zero attached hydrogens (tertiary/aromatic N) is 6. The predicted octanol–water partition coefficient (Wildman–Crippen LogP) is 1.91. The number of imidazole rings is 1.